The monoisotopic (exact) mass is 493 g/mol. The van der Waals surface area contributed by atoms with Crippen LogP contribution in [-0.4, -0.2) is 33.9 Å². The molecule has 3 aromatic carbocycles. The van der Waals surface area contributed by atoms with Gasteiger partial charge in [0, 0.05) is 10.7 Å². The zero-order valence-corrected chi connectivity index (χ0v) is 19.9. The van der Waals surface area contributed by atoms with Crippen molar-refractivity contribution in [3.63, 3.8) is 0 Å². The number of nitrogens with zero attached hydrogens (tertiary/aromatic N) is 3. The van der Waals surface area contributed by atoms with E-state index < -0.39 is 17.6 Å². The van der Waals surface area contributed by atoms with Gasteiger partial charge < -0.3 is 15.4 Å². The van der Waals surface area contributed by atoms with Gasteiger partial charge in [-0.1, -0.05) is 34.5 Å². The summed E-state index contributed by atoms with van der Waals surface area (Å²) in [6.45, 7) is 3.73. The zero-order valence-electron chi connectivity index (χ0n) is 19.1. The molecule has 10 heteroatoms. The SMILES string of the molecule is COc1ccc(NC(=O)c2nnn(-c3ccc(C)cc3)c2C)cc1NC(=O)c1ccc(Cl)cc1F. The Kier molecular flexibility index (Phi) is 6.79. The molecule has 0 aliphatic carbocycles. The fourth-order valence-electron chi connectivity index (χ4n) is 3.41. The molecule has 0 bridgehead atoms. The highest BCUT2D eigenvalue weighted by molar-refractivity contribution is 6.30. The van der Waals surface area contributed by atoms with Crippen LogP contribution in [0.2, 0.25) is 5.02 Å². The molecule has 0 aliphatic rings. The Balaban J connectivity index is 1.55. The number of benzene rings is 3. The van der Waals surface area contributed by atoms with Gasteiger partial charge in [0.15, 0.2) is 5.69 Å². The number of hydrogen-bond donors (Lipinski definition) is 2. The summed E-state index contributed by atoms with van der Waals surface area (Å²) in [4.78, 5) is 25.5. The number of aryl methyl sites for hydroxylation is 1. The quantitative estimate of drug-likeness (QED) is 0.385. The number of halogens is 2. The Labute approximate surface area is 205 Å². The highest BCUT2D eigenvalue weighted by Crippen LogP contribution is 2.29. The Morgan fingerprint density at radius 2 is 1.71 bits per heavy atom. The van der Waals surface area contributed by atoms with E-state index in [1.807, 2.05) is 31.2 Å². The van der Waals surface area contributed by atoms with Crippen molar-refractivity contribution >= 4 is 34.8 Å². The van der Waals surface area contributed by atoms with E-state index in [2.05, 4.69) is 20.9 Å². The lowest BCUT2D eigenvalue weighted by Crippen LogP contribution is -2.16. The summed E-state index contributed by atoms with van der Waals surface area (Å²) in [6, 6.07) is 16.1. The molecular formula is C25H21ClFN5O3. The molecule has 0 saturated carbocycles. The molecule has 8 nitrogen and oxygen atoms in total. The topological polar surface area (TPSA) is 98.1 Å². The Morgan fingerprint density at radius 3 is 2.40 bits per heavy atom. The molecule has 0 radical (unpaired) electrons. The maximum atomic E-state index is 14.2. The van der Waals surface area contributed by atoms with Crippen LogP contribution in [0.3, 0.4) is 0 Å². The van der Waals surface area contributed by atoms with Crippen LogP contribution in [0.4, 0.5) is 15.8 Å². The standard InChI is InChI=1S/C25H21ClFN5O3/c1-14-4-8-18(9-5-14)32-15(2)23(30-31-32)25(34)28-17-7-11-22(35-3)21(13-17)29-24(33)19-10-6-16(26)12-20(19)27/h4-13H,1-3H3,(H,28,34)(H,29,33). The number of aromatic nitrogens is 3. The first-order valence-corrected chi connectivity index (χ1v) is 10.9. The summed E-state index contributed by atoms with van der Waals surface area (Å²) in [6.07, 6.45) is 0. The van der Waals surface area contributed by atoms with Gasteiger partial charge in [0.2, 0.25) is 0 Å². The molecule has 4 aromatic rings. The Bertz CT molecular complexity index is 1420. The van der Waals surface area contributed by atoms with Crippen molar-refractivity contribution in [1.82, 2.24) is 15.0 Å². The van der Waals surface area contributed by atoms with Gasteiger partial charge >= 0.3 is 0 Å². The van der Waals surface area contributed by atoms with Gasteiger partial charge in [0.25, 0.3) is 11.8 Å². The zero-order chi connectivity index (χ0) is 25.1. The second kappa shape index (κ2) is 9.94. The van der Waals surface area contributed by atoms with Crippen molar-refractivity contribution in [2.24, 2.45) is 0 Å². The van der Waals surface area contributed by atoms with Crippen LogP contribution in [0.15, 0.2) is 60.7 Å². The minimum atomic E-state index is -0.759. The second-order valence-electron chi connectivity index (χ2n) is 7.72. The molecule has 2 amide bonds. The third kappa shape index (κ3) is 5.15. The normalized spacial score (nSPS) is 10.7. The van der Waals surface area contributed by atoms with E-state index in [-0.39, 0.29) is 22.0 Å². The highest BCUT2D eigenvalue weighted by atomic mass is 35.5. The van der Waals surface area contributed by atoms with Gasteiger partial charge in [-0.05, 0) is 62.4 Å². The number of carbonyl (C=O) groups is 2. The minimum Gasteiger partial charge on any atom is -0.495 e. The van der Waals surface area contributed by atoms with E-state index in [9.17, 15) is 14.0 Å². The highest BCUT2D eigenvalue weighted by Gasteiger charge is 2.19. The van der Waals surface area contributed by atoms with Crippen LogP contribution in [0.25, 0.3) is 5.69 Å². The predicted octanol–water partition coefficient (Wildman–Crippen LogP) is 5.19. The molecule has 0 fully saturated rings. The third-order valence-electron chi connectivity index (χ3n) is 5.27. The number of ether oxygens (including phenoxy) is 1. The molecule has 4 rings (SSSR count). The maximum absolute atomic E-state index is 14.2. The van der Waals surface area contributed by atoms with E-state index in [4.69, 9.17) is 16.3 Å². The Morgan fingerprint density at radius 1 is 0.971 bits per heavy atom. The first-order valence-electron chi connectivity index (χ1n) is 10.5. The average Bonchev–Trinajstić information content (AvgIpc) is 3.21. The van der Waals surface area contributed by atoms with E-state index in [1.54, 1.807) is 23.7 Å². The molecule has 178 valence electrons. The predicted molar refractivity (Wildman–Crippen MR) is 131 cm³/mol. The summed E-state index contributed by atoms with van der Waals surface area (Å²) in [7, 11) is 1.43. The molecule has 0 unspecified atom stereocenters. The van der Waals surface area contributed by atoms with E-state index in [0.29, 0.717) is 17.1 Å². The first kappa shape index (κ1) is 23.9. The summed E-state index contributed by atoms with van der Waals surface area (Å²) >= 11 is 5.76. The van der Waals surface area contributed by atoms with Gasteiger partial charge in [-0.3, -0.25) is 9.59 Å². The van der Waals surface area contributed by atoms with Crippen LogP contribution in [0, 0.1) is 19.7 Å². The molecule has 0 saturated heterocycles. The van der Waals surface area contributed by atoms with Gasteiger partial charge in [-0.2, -0.15) is 0 Å². The van der Waals surface area contributed by atoms with Crippen LogP contribution in [0.1, 0.15) is 32.1 Å². The second-order valence-corrected chi connectivity index (χ2v) is 8.15. The molecule has 0 aliphatic heterocycles. The lowest BCUT2D eigenvalue weighted by molar-refractivity contribution is 0.101. The molecule has 0 spiro atoms. The largest absolute Gasteiger partial charge is 0.495 e. The van der Waals surface area contributed by atoms with Crippen LogP contribution < -0.4 is 15.4 Å². The van der Waals surface area contributed by atoms with Crippen molar-refractivity contribution in [1.29, 1.82) is 0 Å². The number of methoxy groups -OCH3 is 1. The maximum Gasteiger partial charge on any atom is 0.278 e. The summed E-state index contributed by atoms with van der Waals surface area (Å²) in [5, 5.41) is 13.6. The van der Waals surface area contributed by atoms with E-state index in [1.165, 1.54) is 25.3 Å². The number of nitrogens with one attached hydrogen (secondary N) is 2. The fourth-order valence-corrected chi connectivity index (χ4v) is 3.57. The summed E-state index contributed by atoms with van der Waals surface area (Å²) < 4.78 is 21.0. The summed E-state index contributed by atoms with van der Waals surface area (Å²) in [5.74, 6) is -1.61. The number of hydrogen-bond acceptors (Lipinski definition) is 5. The van der Waals surface area contributed by atoms with Gasteiger partial charge in [0.05, 0.1) is 29.7 Å². The van der Waals surface area contributed by atoms with Crippen molar-refractivity contribution in [3.8, 4) is 11.4 Å². The Hall–Kier alpha value is -4.24. The molecule has 0 atom stereocenters. The summed E-state index contributed by atoms with van der Waals surface area (Å²) in [5.41, 5.74) is 3.02. The number of carbonyl (C=O) groups excluding carboxylic acids is 2. The lowest BCUT2D eigenvalue weighted by atomic mass is 10.2. The smallest absolute Gasteiger partial charge is 0.278 e. The molecule has 2 N–H and O–H groups in total. The van der Waals surface area contributed by atoms with Crippen molar-refractivity contribution in [2.45, 2.75) is 13.8 Å². The van der Waals surface area contributed by atoms with Crippen molar-refractivity contribution < 1.29 is 18.7 Å². The van der Waals surface area contributed by atoms with Gasteiger partial charge in [-0.25, -0.2) is 9.07 Å². The molecular weight excluding hydrogens is 473 g/mol. The van der Waals surface area contributed by atoms with Crippen molar-refractivity contribution in [3.05, 3.63) is 94.0 Å². The number of amides is 2. The lowest BCUT2D eigenvalue weighted by Gasteiger charge is -2.13. The van der Waals surface area contributed by atoms with Crippen LogP contribution in [0.5, 0.6) is 5.75 Å². The van der Waals surface area contributed by atoms with Crippen molar-refractivity contribution in [2.75, 3.05) is 17.7 Å². The van der Waals surface area contributed by atoms with E-state index in [0.717, 1.165) is 17.3 Å². The first-order chi connectivity index (χ1) is 16.8. The van der Waals surface area contributed by atoms with E-state index >= 15 is 0 Å². The number of rotatable bonds is 6. The molecule has 1 aromatic heterocycles. The minimum absolute atomic E-state index is 0.148. The van der Waals surface area contributed by atoms with Crippen LogP contribution in [-0.2, 0) is 0 Å². The van der Waals surface area contributed by atoms with Crippen LogP contribution >= 0.6 is 11.6 Å². The molecule has 1 heterocycles. The average molecular weight is 494 g/mol. The van der Waals surface area contributed by atoms with Gasteiger partial charge in [-0.15, -0.1) is 5.10 Å². The third-order valence-corrected chi connectivity index (χ3v) is 5.50. The fraction of sp³-hybridized carbons (Fsp3) is 0.120. The van der Waals surface area contributed by atoms with Gasteiger partial charge in [0.1, 0.15) is 11.6 Å². The number of anilines is 2. The molecule has 35 heavy (non-hydrogen) atoms.